The summed E-state index contributed by atoms with van der Waals surface area (Å²) in [7, 11) is 3.41. The van der Waals surface area contributed by atoms with Gasteiger partial charge in [0.25, 0.3) is 5.91 Å². The van der Waals surface area contributed by atoms with E-state index in [0.717, 1.165) is 6.42 Å². The van der Waals surface area contributed by atoms with E-state index in [0.29, 0.717) is 28.0 Å². The van der Waals surface area contributed by atoms with Crippen molar-refractivity contribution in [1.82, 2.24) is 9.80 Å². The Bertz CT molecular complexity index is 548. The lowest BCUT2D eigenvalue weighted by Gasteiger charge is -2.26. The molecular weight excluding hydrogens is 344 g/mol. The Balaban J connectivity index is 2.28. The molecule has 0 radical (unpaired) electrons. The molecule has 108 valence electrons. The van der Waals surface area contributed by atoms with Gasteiger partial charge in [-0.1, -0.05) is 17.7 Å². The van der Waals surface area contributed by atoms with E-state index in [1.165, 1.54) is 4.90 Å². The largest absolute Gasteiger partial charge is 0.347 e. The van der Waals surface area contributed by atoms with Gasteiger partial charge in [0.05, 0.1) is 10.6 Å². The molecule has 1 aromatic carbocycles. The van der Waals surface area contributed by atoms with Gasteiger partial charge in [-0.25, -0.2) is 0 Å². The summed E-state index contributed by atoms with van der Waals surface area (Å²) in [4.78, 5) is 27.9. The van der Waals surface area contributed by atoms with Crippen LogP contribution in [0.2, 0.25) is 5.02 Å². The highest BCUT2D eigenvalue weighted by molar-refractivity contribution is 9.10. The molecule has 1 atom stereocenters. The van der Waals surface area contributed by atoms with Crippen LogP contribution in [0.3, 0.4) is 0 Å². The second-order valence-corrected chi connectivity index (χ2v) is 6.22. The van der Waals surface area contributed by atoms with Gasteiger partial charge in [0, 0.05) is 25.1 Å². The molecule has 1 heterocycles. The van der Waals surface area contributed by atoms with E-state index in [4.69, 9.17) is 11.6 Å². The number of carbonyl (C=O) groups is 2. The third kappa shape index (κ3) is 2.83. The number of likely N-dealkylation sites (N-methyl/N-ethyl adjacent to an activating group) is 1. The Kier molecular flexibility index (Phi) is 4.70. The van der Waals surface area contributed by atoms with Crippen LogP contribution in [0.25, 0.3) is 0 Å². The number of nitrogens with zero attached hydrogens (tertiary/aromatic N) is 2. The predicted molar refractivity (Wildman–Crippen MR) is 81.9 cm³/mol. The lowest BCUT2D eigenvalue weighted by atomic mass is 10.1. The fourth-order valence-corrected chi connectivity index (χ4v) is 2.96. The van der Waals surface area contributed by atoms with Crippen LogP contribution >= 0.6 is 27.5 Å². The molecule has 1 aliphatic rings. The highest BCUT2D eigenvalue weighted by Crippen LogP contribution is 2.29. The normalized spacial score (nSPS) is 18.2. The maximum atomic E-state index is 12.6. The van der Waals surface area contributed by atoms with Crippen molar-refractivity contribution >= 4 is 39.3 Å². The van der Waals surface area contributed by atoms with E-state index in [1.54, 1.807) is 37.2 Å². The molecule has 0 aromatic heterocycles. The van der Waals surface area contributed by atoms with E-state index < -0.39 is 0 Å². The first kappa shape index (κ1) is 15.3. The van der Waals surface area contributed by atoms with Crippen molar-refractivity contribution in [2.75, 3.05) is 20.6 Å². The van der Waals surface area contributed by atoms with Gasteiger partial charge in [0.2, 0.25) is 5.91 Å². The summed E-state index contributed by atoms with van der Waals surface area (Å²) in [5.74, 6) is -0.226. The van der Waals surface area contributed by atoms with Gasteiger partial charge in [0.1, 0.15) is 6.04 Å². The molecule has 1 saturated heterocycles. The zero-order valence-electron chi connectivity index (χ0n) is 11.4. The molecule has 20 heavy (non-hydrogen) atoms. The molecule has 1 unspecified atom stereocenters. The van der Waals surface area contributed by atoms with Crippen molar-refractivity contribution in [3.63, 3.8) is 0 Å². The van der Waals surface area contributed by atoms with Crippen LogP contribution in [0.1, 0.15) is 23.2 Å². The van der Waals surface area contributed by atoms with Gasteiger partial charge >= 0.3 is 0 Å². The summed E-state index contributed by atoms with van der Waals surface area (Å²) in [6.07, 6.45) is 1.54. The number of likely N-dealkylation sites (tertiary alicyclic amines) is 1. The second kappa shape index (κ2) is 6.14. The molecule has 0 bridgehead atoms. The van der Waals surface area contributed by atoms with Crippen molar-refractivity contribution in [1.29, 1.82) is 0 Å². The summed E-state index contributed by atoms with van der Waals surface area (Å²) in [5, 5.41) is 0.389. The summed E-state index contributed by atoms with van der Waals surface area (Å²) in [5.41, 5.74) is 0.430. The third-order valence-corrected chi connectivity index (χ3v) is 4.72. The Labute approximate surface area is 131 Å². The number of hydrogen-bond donors (Lipinski definition) is 0. The van der Waals surface area contributed by atoms with Gasteiger partial charge in [-0.3, -0.25) is 9.59 Å². The lowest BCUT2D eigenvalue weighted by molar-refractivity contribution is -0.132. The minimum atomic E-state index is -0.382. The van der Waals surface area contributed by atoms with Gasteiger partial charge in [-0.2, -0.15) is 0 Å². The SMILES string of the molecule is CN(C)C(=O)C1CCCN1C(=O)c1cccc(Br)c1Cl. The summed E-state index contributed by atoms with van der Waals surface area (Å²) in [6, 6.07) is 4.85. The first-order chi connectivity index (χ1) is 9.43. The van der Waals surface area contributed by atoms with Crippen LogP contribution < -0.4 is 0 Å². The number of carbonyl (C=O) groups excluding carboxylic acids is 2. The van der Waals surface area contributed by atoms with Gasteiger partial charge in [0.15, 0.2) is 0 Å². The number of amides is 2. The molecule has 4 nitrogen and oxygen atoms in total. The van der Waals surface area contributed by atoms with Crippen LogP contribution in [-0.4, -0.2) is 48.3 Å². The molecule has 0 N–H and O–H groups in total. The number of rotatable bonds is 2. The van der Waals surface area contributed by atoms with Crippen LogP contribution in [-0.2, 0) is 4.79 Å². The molecule has 2 amide bonds. The Morgan fingerprint density at radius 2 is 2.10 bits per heavy atom. The third-order valence-electron chi connectivity index (χ3n) is 3.42. The summed E-state index contributed by atoms with van der Waals surface area (Å²) < 4.78 is 0.680. The highest BCUT2D eigenvalue weighted by Gasteiger charge is 2.36. The first-order valence-corrected chi connectivity index (χ1v) is 7.56. The standard InChI is InChI=1S/C14H16BrClN2O2/c1-17(2)14(20)11-7-4-8-18(11)13(19)9-5-3-6-10(15)12(9)16/h3,5-6,11H,4,7-8H2,1-2H3. The van der Waals surface area contributed by atoms with E-state index in [2.05, 4.69) is 15.9 Å². The number of halogens is 2. The minimum absolute atomic E-state index is 0.0398. The number of benzene rings is 1. The quantitative estimate of drug-likeness (QED) is 0.815. The lowest BCUT2D eigenvalue weighted by Crippen LogP contribution is -2.45. The summed E-state index contributed by atoms with van der Waals surface area (Å²) in [6.45, 7) is 0.589. The van der Waals surface area contributed by atoms with Gasteiger partial charge in [-0.05, 0) is 40.9 Å². The molecule has 1 aliphatic heterocycles. The molecular formula is C14H16BrClN2O2. The van der Waals surface area contributed by atoms with Crippen molar-refractivity contribution in [2.24, 2.45) is 0 Å². The topological polar surface area (TPSA) is 40.6 Å². The Morgan fingerprint density at radius 1 is 1.40 bits per heavy atom. The van der Waals surface area contributed by atoms with Crippen molar-refractivity contribution < 1.29 is 9.59 Å². The molecule has 0 spiro atoms. The van der Waals surface area contributed by atoms with Gasteiger partial charge < -0.3 is 9.80 Å². The molecule has 0 aliphatic carbocycles. The van der Waals surface area contributed by atoms with Crippen LogP contribution in [0.5, 0.6) is 0 Å². The van der Waals surface area contributed by atoms with Crippen molar-refractivity contribution in [2.45, 2.75) is 18.9 Å². The average molecular weight is 360 g/mol. The molecule has 0 saturated carbocycles. The van der Waals surface area contributed by atoms with Crippen LogP contribution in [0.4, 0.5) is 0 Å². The Morgan fingerprint density at radius 3 is 2.75 bits per heavy atom. The van der Waals surface area contributed by atoms with Gasteiger partial charge in [-0.15, -0.1) is 0 Å². The zero-order valence-corrected chi connectivity index (χ0v) is 13.7. The molecule has 6 heteroatoms. The second-order valence-electron chi connectivity index (χ2n) is 4.99. The van der Waals surface area contributed by atoms with Crippen LogP contribution in [0.15, 0.2) is 22.7 Å². The molecule has 1 fully saturated rings. The smallest absolute Gasteiger partial charge is 0.256 e. The zero-order chi connectivity index (χ0) is 14.9. The maximum absolute atomic E-state index is 12.6. The van der Waals surface area contributed by atoms with E-state index in [9.17, 15) is 9.59 Å². The summed E-state index contributed by atoms with van der Waals surface area (Å²) >= 11 is 9.48. The average Bonchev–Trinajstić information content (AvgIpc) is 2.89. The maximum Gasteiger partial charge on any atom is 0.256 e. The van der Waals surface area contributed by atoms with Crippen molar-refractivity contribution in [3.05, 3.63) is 33.3 Å². The van der Waals surface area contributed by atoms with E-state index in [1.807, 2.05) is 0 Å². The fraction of sp³-hybridized carbons (Fsp3) is 0.429. The van der Waals surface area contributed by atoms with E-state index in [-0.39, 0.29) is 17.9 Å². The van der Waals surface area contributed by atoms with E-state index >= 15 is 0 Å². The predicted octanol–water partition coefficient (Wildman–Crippen LogP) is 2.80. The van der Waals surface area contributed by atoms with Crippen LogP contribution in [0, 0.1) is 0 Å². The first-order valence-electron chi connectivity index (χ1n) is 6.39. The van der Waals surface area contributed by atoms with Crippen molar-refractivity contribution in [3.8, 4) is 0 Å². The highest BCUT2D eigenvalue weighted by atomic mass is 79.9. The Hall–Kier alpha value is -1.07. The fourth-order valence-electron chi connectivity index (χ4n) is 2.39. The molecule has 2 rings (SSSR count). The number of hydrogen-bond acceptors (Lipinski definition) is 2. The molecule has 1 aromatic rings. The monoisotopic (exact) mass is 358 g/mol. The minimum Gasteiger partial charge on any atom is -0.347 e.